The zero-order valence-corrected chi connectivity index (χ0v) is 22.1. The first-order valence-corrected chi connectivity index (χ1v) is 13.5. The fourth-order valence-corrected chi connectivity index (χ4v) is 4.82. The smallest absolute Gasteiger partial charge is 0.247 e. The minimum atomic E-state index is -0.691. The average Bonchev–Trinajstić information content (AvgIpc) is 2.97. The van der Waals surface area contributed by atoms with Crippen LogP contribution in [0.2, 0.25) is 0 Å². The number of benzene rings is 2. The molecular weight excluding hydrogens is 476 g/mol. The molecule has 1 saturated carbocycles. The summed E-state index contributed by atoms with van der Waals surface area (Å²) in [6.07, 6.45) is 8.32. The number of nitrogens with two attached hydrogens (primary N) is 1. The van der Waals surface area contributed by atoms with Gasteiger partial charge >= 0.3 is 0 Å². The number of rotatable bonds is 11. The van der Waals surface area contributed by atoms with Crippen LogP contribution in [0.3, 0.4) is 0 Å². The van der Waals surface area contributed by atoms with Gasteiger partial charge in [-0.15, -0.1) is 0 Å². The Bertz CT molecular complexity index is 1160. The number of amides is 2. The number of carbonyl (C=O) groups excluding carboxylic acids is 2. The van der Waals surface area contributed by atoms with Crippen LogP contribution in [0, 0.1) is 11.8 Å². The number of aryl methyl sites for hydroxylation is 1. The number of ether oxygens (including phenoxy) is 1. The molecule has 4 N–H and O–H groups in total. The Hall–Kier alpha value is -3.71. The number of hydrogen-bond donors (Lipinski definition) is 3. The number of aromatic nitrogens is 1. The van der Waals surface area contributed by atoms with Crippen molar-refractivity contribution in [2.24, 2.45) is 17.6 Å². The van der Waals surface area contributed by atoms with Gasteiger partial charge in [0.25, 0.3) is 0 Å². The first-order chi connectivity index (χ1) is 18.5. The van der Waals surface area contributed by atoms with Crippen LogP contribution in [0.4, 0.5) is 5.69 Å². The van der Waals surface area contributed by atoms with Crippen LogP contribution in [0.25, 0.3) is 0 Å². The van der Waals surface area contributed by atoms with Gasteiger partial charge in [-0.3, -0.25) is 14.6 Å². The third-order valence-corrected chi connectivity index (χ3v) is 7.33. The van der Waals surface area contributed by atoms with E-state index in [1.54, 1.807) is 12.4 Å². The van der Waals surface area contributed by atoms with Gasteiger partial charge in [-0.1, -0.05) is 31.2 Å². The lowest BCUT2D eigenvalue weighted by Gasteiger charge is -2.28. The largest absolute Gasteiger partial charge is 0.489 e. The summed E-state index contributed by atoms with van der Waals surface area (Å²) in [5, 5.41) is 6.04. The Morgan fingerprint density at radius 3 is 2.21 bits per heavy atom. The molecule has 0 saturated heterocycles. The van der Waals surface area contributed by atoms with E-state index in [9.17, 15) is 9.59 Å². The Morgan fingerprint density at radius 2 is 1.58 bits per heavy atom. The number of anilines is 1. The van der Waals surface area contributed by atoms with Crippen molar-refractivity contribution < 1.29 is 14.3 Å². The predicted molar refractivity (Wildman–Crippen MR) is 150 cm³/mol. The number of nitrogens with zero attached hydrogens (tertiary/aromatic N) is 1. The summed E-state index contributed by atoms with van der Waals surface area (Å²) in [6.45, 7) is 3.21. The van der Waals surface area contributed by atoms with Crippen LogP contribution in [0.1, 0.15) is 49.3 Å². The van der Waals surface area contributed by atoms with Crippen LogP contribution >= 0.6 is 0 Å². The van der Waals surface area contributed by atoms with Gasteiger partial charge in [-0.25, -0.2) is 0 Å². The van der Waals surface area contributed by atoms with E-state index in [1.165, 1.54) is 5.56 Å². The van der Waals surface area contributed by atoms with Gasteiger partial charge in [0, 0.05) is 30.4 Å². The predicted octanol–water partition coefficient (Wildman–Crippen LogP) is 4.65. The molecule has 0 spiro atoms. The van der Waals surface area contributed by atoms with Crippen LogP contribution in [-0.2, 0) is 29.0 Å². The van der Waals surface area contributed by atoms with E-state index in [2.05, 4.69) is 22.5 Å². The number of hydrogen-bond acceptors (Lipinski definition) is 5. The van der Waals surface area contributed by atoms with Gasteiger partial charge in [-0.05, 0) is 97.7 Å². The number of carbonyl (C=O) groups is 2. The highest BCUT2D eigenvalue weighted by Gasteiger charge is 2.29. The zero-order valence-electron chi connectivity index (χ0n) is 22.1. The zero-order chi connectivity index (χ0) is 26.7. The normalized spacial score (nSPS) is 17.8. The molecule has 0 radical (unpaired) electrons. The molecule has 1 aromatic heterocycles. The standard InChI is InChI=1S/C31H38N4O3/c1-2-22-5-11-27(12-6-22)34-31(37)29(35-30(36)26-9-3-24(20-32)4-10-26)19-23-7-13-28(14-8-23)38-21-25-15-17-33-18-16-25/h5-8,11-18,24,26,29H,2-4,9-10,19-21,32H2,1H3,(H,34,37)(H,35,36)/t24?,26?,29-/m0/s1. The lowest BCUT2D eigenvalue weighted by atomic mass is 9.81. The summed E-state index contributed by atoms with van der Waals surface area (Å²) < 4.78 is 5.87. The van der Waals surface area contributed by atoms with E-state index in [0.29, 0.717) is 25.5 Å². The maximum atomic E-state index is 13.3. The lowest BCUT2D eigenvalue weighted by molar-refractivity contribution is -0.130. The molecule has 7 heteroatoms. The summed E-state index contributed by atoms with van der Waals surface area (Å²) in [7, 11) is 0. The molecule has 1 aliphatic rings. The Kier molecular flexibility index (Phi) is 9.87. The molecule has 4 rings (SSSR count). The van der Waals surface area contributed by atoms with Crippen LogP contribution in [-0.4, -0.2) is 29.4 Å². The topological polar surface area (TPSA) is 106 Å². The molecule has 38 heavy (non-hydrogen) atoms. The fraction of sp³-hybridized carbons (Fsp3) is 0.387. The Balaban J connectivity index is 1.41. The molecule has 0 bridgehead atoms. The summed E-state index contributed by atoms with van der Waals surface area (Å²) in [4.78, 5) is 30.5. The first-order valence-electron chi connectivity index (χ1n) is 13.5. The van der Waals surface area contributed by atoms with Gasteiger partial charge in [0.2, 0.25) is 11.8 Å². The second-order valence-electron chi connectivity index (χ2n) is 10.0. The molecule has 0 unspecified atom stereocenters. The number of nitrogens with one attached hydrogen (secondary N) is 2. The minimum absolute atomic E-state index is 0.0562. The molecule has 200 valence electrons. The van der Waals surface area contributed by atoms with E-state index in [1.807, 2.05) is 60.7 Å². The molecular formula is C31H38N4O3. The maximum absolute atomic E-state index is 13.3. The molecule has 3 aromatic rings. The Labute approximate surface area is 225 Å². The summed E-state index contributed by atoms with van der Waals surface area (Å²) >= 11 is 0. The SMILES string of the molecule is CCc1ccc(NC(=O)[C@H](Cc2ccc(OCc3ccncc3)cc2)NC(=O)C2CCC(CN)CC2)cc1. The van der Waals surface area contributed by atoms with E-state index in [4.69, 9.17) is 10.5 Å². The molecule has 1 heterocycles. The second kappa shape index (κ2) is 13.7. The van der Waals surface area contributed by atoms with Crippen molar-refractivity contribution in [3.63, 3.8) is 0 Å². The highest BCUT2D eigenvalue weighted by Crippen LogP contribution is 2.28. The van der Waals surface area contributed by atoms with Gasteiger partial charge in [0.15, 0.2) is 0 Å². The van der Waals surface area contributed by atoms with Gasteiger partial charge in [0.05, 0.1) is 0 Å². The van der Waals surface area contributed by atoms with Crippen LogP contribution in [0.5, 0.6) is 5.75 Å². The highest BCUT2D eigenvalue weighted by molar-refractivity contribution is 5.97. The molecule has 1 atom stereocenters. The lowest BCUT2D eigenvalue weighted by Crippen LogP contribution is -2.48. The van der Waals surface area contributed by atoms with Crippen molar-refractivity contribution in [2.75, 3.05) is 11.9 Å². The van der Waals surface area contributed by atoms with Crippen molar-refractivity contribution in [2.45, 2.75) is 58.1 Å². The van der Waals surface area contributed by atoms with Crippen molar-refractivity contribution in [3.8, 4) is 5.75 Å². The third kappa shape index (κ3) is 7.89. The average molecular weight is 515 g/mol. The minimum Gasteiger partial charge on any atom is -0.489 e. The maximum Gasteiger partial charge on any atom is 0.247 e. The van der Waals surface area contributed by atoms with Crippen LogP contribution in [0.15, 0.2) is 73.1 Å². The first kappa shape index (κ1) is 27.3. The molecule has 7 nitrogen and oxygen atoms in total. The number of pyridine rings is 1. The van der Waals surface area contributed by atoms with E-state index in [0.717, 1.165) is 54.7 Å². The van der Waals surface area contributed by atoms with Crippen molar-refractivity contribution in [1.29, 1.82) is 0 Å². The fourth-order valence-electron chi connectivity index (χ4n) is 4.82. The van der Waals surface area contributed by atoms with E-state index < -0.39 is 6.04 Å². The highest BCUT2D eigenvalue weighted by atomic mass is 16.5. The summed E-state index contributed by atoms with van der Waals surface area (Å²) in [5.74, 6) is 0.864. The monoisotopic (exact) mass is 514 g/mol. The molecule has 1 fully saturated rings. The summed E-state index contributed by atoms with van der Waals surface area (Å²) in [5.41, 5.74) is 9.71. The van der Waals surface area contributed by atoms with Crippen LogP contribution < -0.4 is 21.1 Å². The van der Waals surface area contributed by atoms with Gasteiger partial charge < -0.3 is 21.1 Å². The van der Waals surface area contributed by atoms with Crippen molar-refractivity contribution in [1.82, 2.24) is 10.3 Å². The molecule has 2 aromatic carbocycles. The molecule has 1 aliphatic carbocycles. The van der Waals surface area contributed by atoms with E-state index >= 15 is 0 Å². The van der Waals surface area contributed by atoms with Gasteiger partial charge in [-0.2, -0.15) is 0 Å². The Morgan fingerprint density at radius 1 is 0.921 bits per heavy atom. The van der Waals surface area contributed by atoms with E-state index in [-0.39, 0.29) is 17.7 Å². The quantitative estimate of drug-likeness (QED) is 0.345. The third-order valence-electron chi connectivity index (χ3n) is 7.33. The van der Waals surface area contributed by atoms with Crippen molar-refractivity contribution in [3.05, 3.63) is 89.7 Å². The van der Waals surface area contributed by atoms with Gasteiger partial charge in [0.1, 0.15) is 18.4 Å². The summed E-state index contributed by atoms with van der Waals surface area (Å²) in [6, 6.07) is 18.6. The molecule has 2 amide bonds. The molecule has 0 aliphatic heterocycles. The second-order valence-corrected chi connectivity index (χ2v) is 10.0. The van der Waals surface area contributed by atoms with Crippen molar-refractivity contribution >= 4 is 17.5 Å².